The topological polar surface area (TPSA) is 12.9 Å². The lowest BCUT2D eigenvalue weighted by atomic mass is 9.85. The van der Waals surface area contributed by atoms with Gasteiger partial charge in [0.15, 0.2) is 0 Å². The van der Waals surface area contributed by atoms with Crippen LogP contribution in [0.25, 0.3) is 10.9 Å². The normalized spacial score (nSPS) is 12.1. The second kappa shape index (κ2) is 3.58. The molecule has 0 saturated carbocycles. The Kier molecular flexibility index (Phi) is 2.49. The number of aryl methyl sites for hydroxylation is 2. The van der Waals surface area contributed by atoms with Gasteiger partial charge in [0.25, 0.3) is 0 Å². The summed E-state index contributed by atoms with van der Waals surface area (Å²) in [5, 5.41) is 1.25. The highest BCUT2D eigenvalue weighted by molar-refractivity contribution is 5.82. The van der Waals surface area contributed by atoms with E-state index in [1.165, 1.54) is 16.5 Å². The summed E-state index contributed by atoms with van der Waals surface area (Å²) in [6.07, 6.45) is 0. The molecule has 0 spiro atoms. The van der Waals surface area contributed by atoms with Gasteiger partial charge in [-0.2, -0.15) is 0 Å². The molecule has 2 aromatic rings. The third-order valence-electron chi connectivity index (χ3n) is 2.99. The number of pyridine rings is 1. The first-order valence-corrected chi connectivity index (χ1v) is 5.76. The highest BCUT2D eigenvalue weighted by Gasteiger charge is 2.15. The van der Waals surface area contributed by atoms with Crippen LogP contribution in [0.3, 0.4) is 0 Å². The van der Waals surface area contributed by atoms with E-state index in [0.29, 0.717) is 0 Å². The van der Waals surface area contributed by atoms with E-state index in [0.717, 1.165) is 11.2 Å². The minimum absolute atomic E-state index is 0.198. The van der Waals surface area contributed by atoms with Crippen LogP contribution >= 0.6 is 0 Å². The standard InChI is InChI=1S/C15H19N/c1-10-8-13(15(3,4)5)9-12-7-6-11(2)16-14(10)12/h6-9H,1-5H3. The van der Waals surface area contributed by atoms with Gasteiger partial charge in [0.05, 0.1) is 5.52 Å². The zero-order valence-corrected chi connectivity index (χ0v) is 10.8. The van der Waals surface area contributed by atoms with Crippen LogP contribution in [0.5, 0.6) is 0 Å². The second-order valence-electron chi connectivity index (χ2n) is 5.57. The molecular formula is C15H19N. The van der Waals surface area contributed by atoms with Crippen LogP contribution in [0.4, 0.5) is 0 Å². The molecule has 0 amide bonds. The molecule has 16 heavy (non-hydrogen) atoms. The van der Waals surface area contributed by atoms with Crippen molar-refractivity contribution in [3.8, 4) is 0 Å². The van der Waals surface area contributed by atoms with E-state index in [1.807, 2.05) is 6.92 Å². The predicted octanol–water partition coefficient (Wildman–Crippen LogP) is 4.15. The van der Waals surface area contributed by atoms with Gasteiger partial charge in [-0.25, -0.2) is 0 Å². The van der Waals surface area contributed by atoms with Gasteiger partial charge in [-0.15, -0.1) is 0 Å². The lowest BCUT2D eigenvalue weighted by molar-refractivity contribution is 0.590. The molecule has 0 bridgehead atoms. The first-order chi connectivity index (χ1) is 7.38. The molecule has 0 unspecified atom stereocenters. The Morgan fingerprint density at radius 2 is 1.69 bits per heavy atom. The van der Waals surface area contributed by atoms with Crippen molar-refractivity contribution in [2.45, 2.75) is 40.0 Å². The summed E-state index contributed by atoms with van der Waals surface area (Å²) >= 11 is 0. The highest BCUT2D eigenvalue weighted by Crippen LogP contribution is 2.27. The Labute approximate surface area is 97.5 Å². The van der Waals surface area contributed by atoms with Gasteiger partial charge in [0.2, 0.25) is 0 Å². The van der Waals surface area contributed by atoms with E-state index in [4.69, 9.17) is 0 Å². The number of rotatable bonds is 0. The van der Waals surface area contributed by atoms with Crippen molar-refractivity contribution in [1.82, 2.24) is 4.98 Å². The van der Waals surface area contributed by atoms with Gasteiger partial charge in [0.1, 0.15) is 0 Å². The third-order valence-corrected chi connectivity index (χ3v) is 2.99. The van der Waals surface area contributed by atoms with E-state index in [9.17, 15) is 0 Å². The van der Waals surface area contributed by atoms with Crippen LogP contribution in [-0.4, -0.2) is 4.98 Å². The quantitative estimate of drug-likeness (QED) is 0.640. The van der Waals surface area contributed by atoms with E-state index in [-0.39, 0.29) is 5.41 Å². The fraction of sp³-hybridized carbons (Fsp3) is 0.400. The van der Waals surface area contributed by atoms with Gasteiger partial charge in [-0.1, -0.05) is 32.9 Å². The zero-order valence-electron chi connectivity index (χ0n) is 10.8. The monoisotopic (exact) mass is 213 g/mol. The second-order valence-corrected chi connectivity index (χ2v) is 5.57. The molecule has 1 aromatic heterocycles. The molecule has 0 N–H and O–H groups in total. The van der Waals surface area contributed by atoms with Crippen molar-refractivity contribution < 1.29 is 0 Å². The zero-order chi connectivity index (χ0) is 11.9. The Hall–Kier alpha value is -1.37. The molecule has 1 nitrogen and oxygen atoms in total. The van der Waals surface area contributed by atoms with Gasteiger partial charge in [-0.05, 0) is 42.5 Å². The van der Waals surface area contributed by atoms with Crippen molar-refractivity contribution in [2.24, 2.45) is 0 Å². The molecule has 0 radical (unpaired) electrons. The minimum atomic E-state index is 0.198. The SMILES string of the molecule is Cc1ccc2cc(C(C)(C)C)cc(C)c2n1. The molecule has 0 aliphatic rings. The van der Waals surface area contributed by atoms with Crippen molar-refractivity contribution in [3.05, 3.63) is 41.1 Å². The van der Waals surface area contributed by atoms with E-state index < -0.39 is 0 Å². The summed E-state index contributed by atoms with van der Waals surface area (Å²) in [6, 6.07) is 8.76. The maximum Gasteiger partial charge on any atom is 0.0734 e. The molecule has 1 heteroatoms. The molecule has 1 heterocycles. The van der Waals surface area contributed by atoms with Crippen molar-refractivity contribution in [2.75, 3.05) is 0 Å². The molecule has 0 aliphatic heterocycles. The van der Waals surface area contributed by atoms with Crippen LogP contribution in [0.15, 0.2) is 24.3 Å². The number of hydrogen-bond acceptors (Lipinski definition) is 1. The largest absolute Gasteiger partial charge is 0.253 e. The summed E-state index contributed by atoms with van der Waals surface area (Å²) in [5.41, 5.74) is 5.06. The Morgan fingerprint density at radius 1 is 1.00 bits per heavy atom. The van der Waals surface area contributed by atoms with Gasteiger partial charge >= 0.3 is 0 Å². The van der Waals surface area contributed by atoms with Crippen molar-refractivity contribution in [3.63, 3.8) is 0 Å². The maximum atomic E-state index is 4.60. The Balaban J connectivity index is 2.74. The number of hydrogen-bond donors (Lipinski definition) is 0. The van der Waals surface area contributed by atoms with Gasteiger partial charge in [0, 0.05) is 11.1 Å². The van der Waals surface area contributed by atoms with Gasteiger partial charge < -0.3 is 0 Å². The average Bonchev–Trinajstić information content (AvgIpc) is 2.17. The van der Waals surface area contributed by atoms with Crippen molar-refractivity contribution >= 4 is 10.9 Å². The number of nitrogens with zero attached hydrogens (tertiary/aromatic N) is 1. The molecule has 1 aromatic carbocycles. The lowest BCUT2D eigenvalue weighted by Gasteiger charge is -2.20. The fourth-order valence-electron chi connectivity index (χ4n) is 1.94. The molecule has 84 valence electrons. The minimum Gasteiger partial charge on any atom is -0.253 e. The van der Waals surface area contributed by atoms with Crippen LogP contribution in [0.1, 0.15) is 37.6 Å². The third kappa shape index (κ3) is 1.95. The van der Waals surface area contributed by atoms with Crippen LogP contribution in [0, 0.1) is 13.8 Å². The predicted molar refractivity (Wildman–Crippen MR) is 69.9 cm³/mol. The van der Waals surface area contributed by atoms with Crippen molar-refractivity contribution in [1.29, 1.82) is 0 Å². The Bertz CT molecular complexity index is 533. The van der Waals surface area contributed by atoms with E-state index in [2.05, 4.69) is 56.9 Å². The average molecular weight is 213 g/mol. The lowest BCUT2D eigenvalue weighted by Crippen LogP contribution is -2.11. The van der Waals surface area contributed by atoms with Crippen LogP contribution in [0.2, 0.25) is 0 Å². The number of fused-ring (bicyclic) bond motifs is 1. The Morgan fingerprint density at radius 3 is 2.31 bits per heavy atom. The number of benzene rings is 1. The molecule has 2 rings (SSSR count). The fourth-order valence-corrected chi connectivity index (χ4v) is 1.94. The van der Waals surface area contributed by atoms with Crippen LogP contribution in [-0.2, 0) is 5.41 Å². The van der Waals surface area contributed by atoms with E-state index in [1.54, 1.807) is 0 Å². The summed E-state index contributed by atoms with van der Waals surface area (Å²) < 4.78 is 0. The molecule has 0 saturated heterocycles. The first kappa shape index (κ1) is 11.1. The summed E-state index contributed by atoms with van der Waals surface area (Å²) in [6.45, 7) is 10.9. The smallest absolute Gasteiger partial charge is 0.0734 e. The molecule has 0 aliphatic carbocycles. The highest BCUT2D eigenvalue weighted by atomic mass is 14.7. The first-order valence-electron chi connectivity index (χ1n) is 5.76. The van der Waals surface area contributed by atoms with Gasteiger partial charge in [-0.3, -0.25) is 4.98 Å². The number of aromatic nitrogens is 1. The molecule has 0 atom stereocenters. The molecule has 0 fully saturated rings. The summed E-state index contributed by atoms with van der Waals surface area (Å²) in [7, 11) is 0. The van der Waals surface area contributed by atoms with E-state index >= 15 is 0 Å². The maximum absolute atomic E-state index is 4.60. The summed E-state index contributed by atoms with van der Waals surface area (Å²) in [5.74, 6) is 0. The van der Waals surface area contributed by atoms with Crippen LogP contribution < -0.4 is 0 Å². The summed E-state index contributed by atoms with van der Waals surface area (Å²) in [4.78, 5) is 4.60. The molecular weight excluding hydrogens is 194 g/mol.